The molecule has 7 heteroatoms. The van der Waals surface area contributed by atoms with Crippen LogP contribution in [0.1, 0.15) is 47.8 Å². The summed E-state index contributed by atoms with van der Waals surface area (Å²) in [7, 11) is 0. The molecule has 1 aromatic rings. The maximum atomic E-state index is 11.1. The Labute approximate surface area is 115 Å². The van der Waals surface area contributed by atoms with E-state index in [0.29, 0.717) is 0 Å². The summed E-state index contributed by atoms with van der Waals surface area (Å²) in [5.74, 6) is -4.01. The van der Waals surface area contributed by atoms with E-state index in [2.05, 4.69) is 0 Å². The fraction of sp³-hybridized carbons (Fsp3) is 0.250. The Morgan fingerprint density at radius 3 is 0.895 bits per heavy atom. The van der Waals surface area contributed by atoms with Gasteiger partial charge in [-0.1, -0.05) is 0 Å². The standard InChI is InChI=1S/C12H12O6.ClH/c1-4-7(10(13)14)5(2)9(12(17)18)6(3)8(4)11(15)16;/h1-3H3,(H,13,14)(H,15,16)(H,17,18);1H. The Bertz CT molecular complexity index is 474. The van der Waals surface area contributed by atoms with Crippen molar-refractivity contribution in [3.8, 4) is 0 Å². The van der Waals surface area contributed by atoms with Crippen LogP contribution in [0.2, 0.25) is 0 Å². The predicted molar refractivity (Wildman–Crippen MR) is 68.8 cm³/mol. The lowest BCUT2D eigenvalue weighted by Gasteiger charge is -2.15. The number of rotatable bonds is 3. The van der Waals surface area contributed by atoms with Crippen molar-refractivity contribution >= 4 is 30.3 Å². The zero-order chi connectivity index (χ0) is 14.2. The summed E-state index contributed by atoms with van der Waals surface area (Å²) in [6, 6.07) is 0. The average Bonchev–Trinajstić information content (AvgIpc) is 2.14. The van der Waals surface area contributed by atoms with Gasteiger partial charge in [-0.05, 0) is 37.5 Å². The van der Waals surface area contributed by atoms with E-state index in [1.54, 1.807) is 0 Å². The largest absolute Gasteiger partial charge is 0.478 e. The maximum Gasteiger partial charge on any atom is 0.336 e. The molecule has 0 amide bonds. The second-order valence-corrected chi connectivity index (χ2v) is 3.92. The Kier molecular flexibility index (Phi) is 5.08. The fourth-order valence-electron chi connectivity index (χ4n) is 2.18. The first-order valence-electron chi connectivity index (χ1n) is 5.03. The van der Waals surface area contributed by atoms with Crippen molar-refractivity contribution in [3.05, 3.63) is 33.4 Å². The van der Waals surface area contributed by atoms with Crippen LogP contribution in [0.3, 0.4) is 0 Å². The van der Waals surface area contributed by atoms with Crippen LogP contribution in [0.25, 0.3) is 0 Å². The summed E-state index contributed by atoms with van der Waals surface area (Å²) >= 11 is 0. The summed E-state index contributed by atoms with van der Waals surface area (Å²) in [4.78, 5) is 33.4. The summed E-state index contributed by atoms with van der Waals surface area (Å²) in [6.45, 7) is 4.08. The Balaban J connectivity index is 0.00000324. The first-order valence-corrected chi connectivity index (χ1v) is 5.03. The molecule has 0 unspecified atom stereocenters. The Morgan fingerprint density at radius 2 is 0.789 bits per heavy atom. The fourth-order valence-corrected chi connectivity index (χ4v) is 2.18. The van der Waals surface area contributed by atoms with Crippen LogP contribution in [0.4, 0.5) is 0 Å². The zero-order valence-corrected chi connectivity index (χ0v) is 11.3. The molecule has 0 atom stereocenters. The topological polar surface area (TPSA) is 112 Å². The van der Waals surface area contributed by atoms with Gasteiger partial charge in [0, 0.05) is 0 Å². The van der Waals surface area contributed by atoms with Gasteiger partial charge in [-0.3, -0.25) is 0 Å². The van der Waals surface area contributed by atoms with Crippen molar-refractivity contribution in [2.45, 2.75) is 20.8 Å². The summed E-state index contributed by atoms with van der Waals surface area (Å²) < 4.78 is 0. The van der Waals surface area contributed by atoms with Gasteiger partial charge in [-0.25, -0.2) is 14.4 Å². The summed E-state index contributed by atoms with van der Waals surface area (Å²) in [5, 5.41) is 27.2. The number of aromatic carboxylic acids is 3. The van der Waals surface area contributed by atoms with Gasteiger partial charge in [0.15, 0.2) is 0 Å². The molecule has 0 radical (unpaired) electrons. The summed E-state index contributed by atoms with van der Waals surface area (Å²) in [5.41, 5.74) is -0.610. The van der Waals surface area contributed by atoms with Gasteiger partial charge in [0.25, 0.3) is 0 Å². The van der Waals surface area contributed by atoms with Gasteiger partial charge in [0.2, 0.25) is 0 Å². The molecule has 104 valence electrons. The molecule has 0 fully saturated rings. The van der Waals surface area contributed by atoms with Crippen LogP contribution in [-0.4, -0.2) is 33.2 Å². The highest BCUT2D eigenvalue weighted by molar-refractivity contribution is 6.04. The van der Waals surface area contributed by atoms with E-state index in [1.165, 1.54) is 20.8 Å². The number of carboxylic acids is 3. The quantitative estimate of drug-likeness (QED) is 0.785. The average molecular weight is 289 g/mol. The van der Waals surface area contributed by atoms with Crippen LogP contribution in [-0.2, 0) is 0 Å². The first-order chi connectivity index (χ1) is 8.20. The van der Waals surface area contributed by atoms with Gasteiger partial charge in [-0.15, -0.1) is 12.4 Å². The first kappa shape index (κ1) is 16.9. The molecule has 19 heavy (non-hydrogen) atoms. The third-order valence-corrected chi connectivity index (χ3v) is 2.89. The van der Waals surface area contributed by atoms with E-state index in [9.17, 15) is 14.4 Å². The molecule has 0 saturated carbocycles. The van der Waals surface area contributed by atoms with E-state index < -0.39 is 17.9 Å². The predicted octanol–water partition coefficient (Wildman–Crippen LogP) is 2.13. The smallest absolute Gasteiger partial charge is 0.336 e. The van der Waals surface area contributed by atoms with Gasteiger partial charge < -0.3 is 15.3 Å². The third kappa shape index (κ3) is 2.68. The number of carbonyl (C=O) groups is 3. The highest BCUT2D eigenvalue weighted by Gasteiger charge is 2.27. The molecular formula is C12H13ClO6. The van der Waals surface area contributed by atoms with Gasteiger partial charge in [0.1, 0.15) is 0 Å². The second-order valence-electron chi connectivity index (χ2n) is 3.92. The van der Waals surface area contributed by atoms with E-state index in [0.717, 1.165) is 0 Å². The van der Waals surface area contributed by atoms with Crippen LogP contribution >= 0.6 is 12.4 Å². The molecular weight excluding hydrogens is 276 g/mol. The molecule has 6 nitrogen and oxygen atoms in total. The normalized spacial score (nSPS) is 9.63. The second kappa shape index (κ2) is 5.71. The van der Waals surface area contributed by atoms with Crippen LogP contribution in [0.15, 0.2) is 0 Å². The molecule has 0 aliphatic rings. The van der Waals surface area contributed by atoms with Crippen LogP contribution in [0.5, 0.6) is 0 Å². The monoisotopic (exact) mass is 288 g/mol. The molecule has 3 N–H and O–H groups in total. The molecule has 0 saturated heterocycles. The minimum atomic E-state index is -1.34. The van der Waals surface area contributed by atoms with E-state index in [-0.39, 0.29) is 45.8 Å². The Morgan fingerprint density at radius 1 is 0.632 bits per heavy atom. The van der Waals surface area contributed by atoms with Crippen molar-refractivity contribution in [1.82, 2.24) is 0 Å². The highest BCUT2D eigenvalue weighted by Crippen LogP contribution is 2.27. The van der Waals surface area contributed by atoms with Crippen molar-refractivity contribution in [1.29, 1.82) is 0 Å². The molecule has 0 aliphatic heterocycles. The molecule has 0 spiro atoms. The van der Waals surface area contributed by atoms with Crippen LogP contribution < -0.4 is 0 Å². The maximum absolute atomic E-state index is 11.1. The van der Waals surface area contributed by atoms with Gasteiger partial charge >= 0.3 is 17.9 Å². The lowest BCUT2D eigenvalue weighted by Crippen LogP contribution is -2.17. The van der Waals surface area contributed by atoms with E-state index >= 15 is 0 Å². The number of benzene rings is 1. The molecule has 0 aliphatic carbocycles. The number of carboxylic acid groups (broad SMARTS) is 3. The van der Waals surface area contributed by atoms with Crippen molar-refractivity contribution in [2.75, 3.05) is 0 Å². The van der Waals surface area contributed by atoms with E-state index in [1.807, 2.05) is 0 Å². The SMILES string of the molecule is Cc1c(C(=O)O)c(C)c(C(=O)O)c(C)c1C(=O)O.Cl. The van der Waals surface area contributed by atoms with Gasteiger partial charge in [0.05, 0.1) is 16.7 Å². The van der Waals surface area contributed by atoms with Crippen molar-refractivity contribution < 1.29 is 29.7 Å². The number of halogens is 1. The highest BCUT2D eigenvalue weighted by atomic mass is 35.5. The Hall–Kier alpha value is -2.08. The summed E-state index contributed by atoms with van der Waals surface area (Å²) in [6.07, 6.45) is 0. The molecule has 0 aromatic heterocycles. The molecule has 0 bridgehead atoms. The zero-order valence-electron chi connectivity index (χ0n) is 10.5. The van der Waals surface area contributed by atoms with E-state index in [4.69, 9.17) is 15.3 Å². The lowest BCUT2D eigenvalue weighted by molar-refractivity contribution is 0.0695. The number of hydrogen-bond donors (Lipinski definition) is 3. The molecule has 1 rings (SSSR count). The molecule has 1 aromatic carbocycles. The van der Waals surface area contributed by atoms with Crippen molar-refractivity contribution in [3.63, 3.8) is 0 Å². The third-order valence-electron chi connectivity index (χ3n) is 2.89. The van der Waals surface area contributed by atoms with Crippen molar-refractivity contribution in [2.24, 2.45) is 0 Å². The molecule has 0 heterocycles. The van der Waals surface area contributed by atoms with Gasteiger partial charge in [-0.2, -0.15) is 0 Å². The van der Waals surface area contributed by atoms with Crippen LogP contribution in [0, 0.1) is 20.8 Å². The minimum absolute atomic E-state index is 0. The minimum Gasteiger partial charge on any atom is -0.478 e. The lowest BCUT2D eigenvalue weighted by atomic mass is 9.88. The number of hydrogen-bond acceptors (Lipinski definition) is 3.